The van der Waals surface area contributed by atoms with Gasteiger partial charge in [-0.2, -0.15) is 0 Å². The standard InChI is InChI=1S/C10H8BrFO3/c11-4-1-6(9(13)8(12)2-4)5-3-7(5)10(14)15/h1-2,5,7,13H,3H2,(H,14,15)/t5-,7+/m0/s1. The third-order valence-electron chi connectivity index (χ3n) is 2.56. The highest BCUT2D eigenvalue weighted by Gasteiger charge is 2.45. The number of benzene rings is 1. The van der Waals surface area contributed by atoms with Crippen molar-refractivity contribution in [2.75, 3.05) is 0 Å². The third kappa shape index (κ3) is 1.84. The van der Waals surface area contributed by atoms with Crippen LogP contribution in [0.4, 0.5) is 4.39 Å². The lowest BCUT2D eigenvalue weighted by molar-refractivity contribution is -0.138. The minimum absolute atomic E-state index is 0.269. The van der Waals surface area contributed by atoms with Crippen molar-refractivity contribution in [2.24, 2.45) is 5.92 Å². The van der Waals surface area contributed by atoms with Crippen LogP contribution in [0.15, 0.2) is 16.6 Å². The number of hydrogen-bond acceptors (Lipinski definition) is 2. The molecule has 1 aliphatic carbocycles. The number of aromatic hydroxyl groups is 1. The first-order valence-corrected chi connectivity index (χ1v) is 5.20. The van der Waals surface area contributed by atoms with E-state index in [0.29, 0.717) is 16.5 Å². The Morgan fingerprint density at radius 1 is 1.53 bits per heavy atom. The van der Waals surface area contributed by atoms with Crippen molar-refractivity contribution in [1.82, 2.24) is 0 Å². The van der Waals surface area contributed by atoms with Gasteiger partial charge in [0.1, 0.15) is 0 Å². The second-order valence-corrected chi connectivity index (χ2v) is 4.53. The Balaban J connectivity index is 2.34. The molecule has 0 saturated heterocycles. The first-order valence-electron chi connectivity index (χ1n) is 4.41. The van der Waals surface area contributed by atoms with Gasteiger partial charge in [0.2, 0.25) is 0 Å². The number of hydrogen-bond donors (Lipinski definition) is 2. The maximum Gasteiger partial charge on any atom is 0.307 e. The van der Waals surface area contributed by atoms with Crippen molar-refractivity contribution in [1.29, 1.82) is 0 Å². The molecule has 3 nitrogen and oxygen atoms in total. The SMILES string of the molecule is O=C(O)[C@@H]1C[C@H]1c1cc(Br)cc(F)c1O. The lowest BCUT2D eigenvalue weighted by atomic mass is 10.1. The molecular formula is C10H8BrFO3. The Morgan fingerprint density at radius 2 is 2.20 bits per heavy atom. The molecule has 0 radical (unpaired) electrons. The maximum absolute atomic E-state index is 13.1. The molecule has 5 heteroatoms. The average Bonchev–Trinajstić information content (AvgIpc) is 2.90. The maximum atomic E-state index is 13.1. The highest BCUT2D eigenvalue weighted by atomic mass is 79.9. The highest BCUT2D eigenvalue weighted by molar-refractivity contribution is 9.10. The Morgan fingerprint density at radius 3 is 2.73 bits per heavy atom. The molecule has 15 heavy (non-hydrogen) atoms. The molecule has 0 aliphatic heterocycles. The first-order chi connectivity index (χ1) is 7.00. The number of phenols is 1. The van der Waals surface area contributed by atoms with Gasteiger partial charge < -0.3 is 10.2 Å². The topological polar surface area (TPSA) is 57.5 Å². The Bertz CT molecular complexity index is 433. The van der Waals surface area contributed by atoms with Crippen LogP contribution < -0.4 is 0 Å². The number of carboxylic acid groups (broad SMARTS) is 1. The van der Waals surface area contributed by atoms with Gasteiger partial charge in [0, 0.05) is 16.0 Å². The molecule has 0 spiro atoms. The van der Waals surface area contributed by atoms with E-state index in [2.05, 4.69) is 15.9 Å². The second-order valence-electron chi connectivity index (χ2n) is 3.61. The Labute approximate surface area is 93.7 Å². The van der Waals surface area contributed by atoms with E-state index in [1.165, 1.54) is 0 Å². The molecule has 1 saturated carbocycles. The molecule has 2 rings (SSSR count). The number of carboxylic acids is 1. The van der Waals surface area contributed by atoms with Crippen LogP contribution in [0.5, 0.6) is 5.75 Å². The quantitative estimate of drug-likeness (QED) is 0.871. The first kappa shape index (κ1) is 10.4. The van der Waals surface area contributed by atoms with Crippen LogP contribution in [0.2, 0.25) is 0 Å². The van der Waals surface area contributed by atoms with Crippen LogP contribution in [0.25, 0.3) is 0 Å². The van der Waals surface area contributed by atoms with Crippen LogP contribution in [0.1, 0.15) is 17.9 Å². The van der Waals surface area contributed by atoms with Crippen molar-refractivity contribution < 1.29 is 19.4 Å². The summed E-state index contributed by atoms with van der Waals surface area (Å²) in [6, 6.07) is 2.71. The lowest BCUT2D eigenvalue weighted by Crippen LogP contribution is -1.99. The van der Waals surface area contributed by atoms with E-state index in [0.717, 1.165) is 6.07 Å². The van der Waals surface area contributed by atoms with Gasteiger partial charge in [0.05, 0.1) is 5.92 Å². The normalized spacial score (nSPS) is 23.9. The monoisotopic (exact) mass is 274 g/mol. The summed E-state index contributed by atoms with van der Waals surface area (Å²) in [5.74, 6) is -2.83. The van der Waals surface area contributed by atoms with Gasteiger partial charge >= 0.3 is 5.97 Å². The van der Waals surface area contributed by atoms with Gasteiger partial charge in [0.25, 0.3) is 0 Å². The molecule has 2 atom stereocenters. The third-order valence-corrected chi connectivity index (χ3v) is 3.02. The summed E-state index contributed by atoms with van der Waals surface area (Å²) < 4.78 is 13.6. The van der Waals surface area contributed by atoms with Crippen LogP contribution in [0.3, 0.4) is 0 Å². The molecular weight excluding hydrogens is 267 g/mol. The number of aliphatic carboxylic acids is 1. The minimum Gasteiger partial charge on any atom is -0.505 e. The predicted octanol–water partition coefficient (Wildman–Crippen LogP) is 2.48. The van der Waals surface area contributed by atoms with Crippen LogP contribution in [-0.2, 0) is 4.79 Å². The Hall–Kier alpha value is -1.10. The fourth-order valence-corrected chi connectivity index (χ4v) is 2.13. The predicted molar refractivity (Wildman–Crippen MR) is 54.2 cm³/mol. The Kier molecular flexibility index (Phi) is 2.42. The van der Waals surface area contributed by atoms with Crippen LogP contribution in [-0.4, -0.2) is 16.2 Å². The molecule has 1 aromatic rings. The summed E-state index contributed by atoms with van der Waals surface area (Å²) in [6.45, 7) is 0. The van der Waals surface area contributed by atoms with Gasteiger partial charge in [-0.25, -0.2) is 4.39 Å². The molecule has 1 aromatic carbocycles. The van der Waals surface area contributed by atoms with Gasteiger partial charge in [0.15, 0.2) is 11.6 Å². The van der Waals surface area contributed by atoms with Crippen molar-refractivity contribution in [2.45, 2.75) is 12.3 Å². The van der Waals surface area contributed by atoms with Gasteiger partial charge in [-0.15, -0.1) is 0 Å². The fraction of sp³-hybridized carbons (Fsp3) is 0.300. The molecule has 0 amide bonds. The zero-order chi connectivity index (χ0) is 11.2. The molecule has 0 unspecified atom stereocenters. The minimum atomic E-state index is -0.903. The van der Waals surface area contributed by atoms with Gasteiger partial charge in [-0.3, -0.25) is 4.79 Å². The second kappa shape index (κ2) is 3.48. The summed E-state index contributed by atoms with van der Waals surface area (Å²) in [6.07, 6.45) is 0.457. The van der Waals surface area contributed by atoms with Gasteiger partial charge in [-0.1, -0.05) is 15.9 Å². The van der Waals surface area contributed by atoms with E-state index < -0.39 is 23.5 Å². The molecule has 2 N–H and O–H groups in total. The molecule has 0 aromatic heterocycles. The van der Waals surface area contributed by atoms with Crippen LogP contribution in [0, 0.1) is 11.7 Å². The molecule has 0 bridgehead atoms. The fourth-order valence-electron chi connectivity index (χ4n) is 1.68. The molecule has 1 aliphatic rings. The van der Waals surface area contributed by atoms with Gasteiger partial charge in [-0.05, 0) is 18.6 Å². The van der Waals surface area contributed by atoms with Crippen molar-refractivity contribution in [3.8, 4) is 5.75 Å². The van der Waals surface area contributed by atoms with E-state index in [1.54, 1.807) is 6.07 Å². The van der Waals surface area contributed by atoms with Crippen molar-refractivity contribution in [3.63, 3.8) is 0 Å². The smallest absolute Gasteiger partial charge is 0.307 e. The zero-order valence-corrected chi connectivity index (χ0v) is 9.16. The van der Waals surface area contributed by atoms with E-state index in [-0.39, 0.29) is 5.92 Å². The number of phenolic OH excluding ortho intramolecular Hbond substituents is 1. The lowest BCUT2D eigenvalue weighted by Gasteiger charge is -2.04. The van der Waals surface area contributed by atoms with E-state index >= 15 is 0 Å². The van der Waals surface area contributed by atoms with E-state index in [4.69, 9.17) is 5.11 Å². The number of carbonyl (C=O) groups is 1. The summed E-state index contributed by atoms with van der Waals surface area (Å²) in [5.41, 5.74) is 0.370. The van der Waals surface area contributed by atoms with Crippen molar-refractivity contribution in [3.05, 3.63) is 28.0 Å². The highest BCUT2D eigenvalue weighted by Crippen LogP contribution is 2.51. The summed E-state index contributed by atoms with van der Waals surface area (Å²) in [7, 11) is 0. The largest absolute Gasteiger partial charge is 0.505 e. The molecule has 80 valence electrons. The summed E-state index contributed by atoms with van der Waals surface area (Å²) >= 11 is 3.10. The summed E-state index contributed by atoms with van der Waals surface area (Å²) in [4.78, 5) is 10.6. The summed E-state index contributed by atoms with van der Waals surface area (Å²) in [5, 5.41) is 18.2. The van der Waals surface area contributed by atoms with Crippen LogP contribution >= 0.6 is 15.9 Å². The average molecular weight is 275 g/mol. The molecule has 0 heterocycles. The van der Waals surface area contributed by atoms with Crippen molar-refractivity contribution >= 4 is 21.9 Å². The van der Waals surface area contributed by atoms with E-state index in [1.807, 2.05) is 0 Å². The number of rotatable bonds is 2. The zero-order valence-electron chi connectivity index (χ0n) is 7.58. The van der Waals surface area contributed by atoms with E-state index in [9.17, 15) is 14.3 Å². The number of halogens is 2. The molecule has 1 fully saturated rings.